The second kappa shape index (κ2) is 13.5. The Kier molecular flexibility index (Phi) is 10.4. The Hall–Kier alpha value is -3.76. The molecule has 1 saturated carbocycles. The quantitative estimate of drug-likeness (QED) is 0.312. The summed E-state index contributed by atoms with van der Waals surface area (Å²) in [5, 5.41) is 7.12. The molecule has 218 valence electrons. The lowest BCUT2D eigenvalue weighted by atomic mass is 9.86. The van der Waals surface area contributed by atoms with E-state index in [2.05, 4.69) is 23.4 Å². The zero-order valence-corrected chi connectivity index (χ0v) is 23.0. The zero-order valence-electron chi connectivity index (χ0n) is 23.0. The summed E-state index contributed by atoms with van der Waals surface area (Å²) in [5.74, 6) is 0.180. The molecule has 40 heavy (non-hydrogen) atoms. The van der Waals surface area contributed by atoms with Crippen LogP contribution in [-0.4, -0.2) is 50.7 Å². The van der Waals surface area contributed by atoms with Crippen LogP contribution in [0.25, 0.3) is 11.0 Å². The summed E-state index contributed by atoms with van der Waals surface area (Å²) in [6.45, 7) is 4.43. The van der Waals surface area contributed by atoms with E-state index in [-0.39, 0.29) is 11.9 Å². The van der Waals surface area contributed by atoms with Crippen molar-refractivity contribution in [1.29, 1.82) is 0 Å². The van der Waals surface area contributed by atoms with Crippen molar-refractivity contribution in [2.45, 2.75) is 77.1 Å². The van der Waals surface area contributed by atoms with Gasteiger partial charge in [0.15, 0.2) is 0 Å². The predicted octanol–water partition coefficient (Wildman–Crippen LogP) is 6.81. The van der Waals surface area contributed by atoms with Gasteiger partial charge in [-0.25, -0.2) is 9.78 Å². The number of carboxylic acid groups (broad SMARTS) is 1. The fraction of sp³-hybridized carbons (Fsp3) is 0.483. The Labute approximate surface area is 231 Å². The number of aromatic nitrogens is 2. The number of nitrogen functional groups attached to an aromatic ring is 1. The highest BCUT2D eigenvalue weighted by atomic mass is 19.4. The van der Waals surface area contributed by atoms with Crippen LogP contribution >= 0.6 is 0 Å². The number of carbonyl (C=O) groups is 2. The topological polar surface area (TPSA) is 111 Å². The second-order valence-electron chi connectivity index (χ2n) is 10.2. The summed E-state index contributed by atoms with van der Waals surface area (Å²) in [7, 11) is 1.97. The summed E-state index contributed by atoms with van der Waals surface area (Å²) in [5.41, 5.74) is 8.12. The minimum atomic E-state index is -5.08. The molecular formula is C29H37F3N4O4. The van der Waals surface area contributed by atoms with Gasteiger partial charge in [-0.1, -0.05) is 44.9 Å². The Morgan fingerprint density at radius 1 is 1.18 bits per heavy atom. The Bertz CT molecular complexity index is 1280. The highest BCUT2D eigenvalue weighted by molar-refractivity contribution is 5.80. The van der Waals surface area contributed by atoms with Gasteiger partial charge in [-0.2, -0.15) is 13.2 Å². The molecule has 1 amide bonds. The van der Waals surface area contributed by atoms with E-state index in [0.717, 1.165) is 48.2 Å². The molecule has 3 atom stereocenters. The summed E-state index contributed by atoms with van der Waals surface area (Å²) >= 11 is 0. The minimum absolute atomic E-state index is 0.101. The van der Waals surface area contributed by atoms with Gasteiger partial charge in [0.2, 0.25) is 11.9 Å². The largest absolute Gasteiger partial charge is 0.490 e. The molecule has 3 unspecified atom stereocenters. The van der Waals surface area contributed by atoms with Crippen LogP contribution in [0.5, 0.6) is 11.5 Å². The monoisotopic (exact) mass is 562 g/mol. The molecule has 2 aromatic carbocycles. The van der Waals surface area contributed by atoms with Gasteiger partial charge in [0, 0.05) is 31.6 Å². The van der Waals surface area contributed by atoms with E-state index in [1.54, 1.807) is 0 Å². The number of amides is 1. The van der Waals surface area contributed by atoms with Gasteiger partial charge >= 0.3 is 12.1 Å². The third-order valence-electron chi connectivity index (χ3n) is 7.29. The lowest BCUT2D eigenvalue weighted by Gasteiger charge is -2.34. The smallest absolute Gasteiger partial charge is 0.475 e. The minimum Gasteiger partial charge on any atom is -0.475 e. The van der Waals surface area contributed by atoms with Gasteiger partial charge in [0.05, 0.1) is 11.0 Å². The van der Waals surface area contributed by atoms with Crippen molar-refractivity contribution in [3.8, 4) is 11.5 Å². The Balaban J connectivity index is 0.000000559. The normalized spacial score (nSPS) is 17.9. The number of benzene rings is 2. The summed E-state index contributed by atoms with van der Waals surface area (Å²) in [6, 6.07) is 16.0. The molecule has 1 aliphatic rings. The van der Waals surface area contributed by atoms with Crippen molar-refractivity contribution in [1.82, 2.24) is 14.5 Å². The molecule has 0 spiro atoms. The molecule has 1 aliphatic carbocycles. The SMILES string of the molecule is CCC(CCC(=O)N(C)C1CCCC(C)C1)n1c(N)nc2ccc(Oc3ccccc3)cc21.O=C(O)C(F)(F)F. The molecule has 3 N–H and O–H groups in total. The number of nitrogens with zero attached hydrogens (tertiary/aromatic N) is 3. The van der Waals surface area contributed by atoms with Crippen LogP contribution in [-0.2, 0) is 9.59 Å². The lowest BCUT2D eigenvalue weighted by Crippen LogP contribution is -2.39. The summed E-state index contributed by atoms with van der Waals surface area (Å²) in [6.07, 6.45) is 1.76. The predicted molar refractivity (Wildman–Crippen MR) is 147 cm³/mol. The number of carboxylic acids is 1. The number of carbonyl (C=O) groups excluding carboxylic acids is 1. The Morgan fingerprint density at radius 3 is 2.45 bits per heavy atom. The number of ether oxygens (including phenoxy) is 1. The molecule has 4 rings (SSSR count). The maximum atomic E-state index is 13.0. The molecule has 1 aromatic heterocycles. The number of aliphatic carboxylic acids is 1. The molecule has 11 heteroatoms. The zero-order chi connectivity index (χ0) is 29.4. The van der Waals surface area contributed by atoms with Crippen molar-refractivity contribution < 1.29 is 32.6 Å². The van der Waals surface area contributed by atoms with E-state index in [9.17, 15) is 18.0 Å². The molecule has 0 radical (unpaired) electrons. The molecular weight excluding hydrogens is 525 g/mol. The summed E-state index contributed by atoms with van der Waals surface area (Å²) in [4.78, 5) is 28.4. The van der Waals surface area contributed by atoms with Gasteiger partial charge in [0.1, 0.15) is 11.5 Å². The molecule has 8 nitrogen and oxygen atoms in total. The maximum Gasteiger partial charge on any atom is 0.490 e. The number of para-hydroxylation sites is 1. The van der Waals surface area contributed by atoms with Crippen LogP contribution in [0.1, 0.15) is 64.8 Å². The van der Waals surface area contributed by atoms with Crippen LogP contribution in [0.15, 0.2) is 48.5 Å². The first kappa shape index (κ1) is 30.8. The first-order chi connectivity index (χ1) is 18.9. The van der Waals surface area contributed by atoms with Crippen LogP contribution in [0.4, 0.5) is 19.1 Å². The van der Waals surface area contributed by atoms with Gasteiger partial charge in [-0.3, -0.25) is 4.79 Å². The number of halogens is 3. The van der Waals surface area contributed by atoms with Gasteiger partial charge in [-0.05, 0) is 55.9 Å². The number of hydrogen-bond acceptors (Lipinski definition) is 5. The fourth-order valence-corrected chi connectivity index (χ4v) is 5.10. The third-order valence-corrected chi connectivity index (χ3v) is 7.29. The van der Waals surface area contributed by atoms with Crippen LogP contribution in [0.3, 0.4) is 0 Å². The van der Waals surface area contributed by atoms with Crippen molar-refractivity contribution in [2.75, 3.05) is 12.8 Å². The number of anilines is 1. The first-order valence-electron chi connectivity index (χ1n) is 13.5. The lowest BCUT2D eigenvalue weighted by molar-refractivity contribution is -0.192. The summed E-state index contributed by atoms with van der Waals surface area (Å²) < 4.78 is 39.8. The van der Waals surface area contributed by atoms with Gasteiger partial charge in [0.25, 0.3) is 0 Å². The van der Waals surface area contributed by atoms with E-state index >= 15 is 0 Å². The highest BCUT2D eigenvalue weighted by Crippen LogP contribution is 2.32. The van der Waals surface area contributed by atoms with Crippen LogP contribution in [0.2, 0.25) is 0 Å². The van der Waals surface area contributed by atoms with Crippen LogP contribution < -0.4 is 10.5 Å². The van der Waals surface area contributed by atoms with E-state index in [0.29, 0.717) is 24.3 Å². The molecule has 1 heterocycles. The number of hydrogen-bond donors (Lipinski definition) is 2. The second-order valence-corrected chi connectivity index (χ2v) is 10.2. The van der Waals surface area contributed by atoms with Crippen LogP contribution in [0, 0.1) is 5.92 Å². The van der Waals surface area contributed by atoms with Gasteiger partial charge < -0.3 is 25.0 Å². The number of rotatable bonds is 8. The molecule has 0 bridgehead atoms. The van der Waals surface area contributed by atoms with Crippen molar-refractivity contribution in [2.24, 2.45) is 5.92 Å². The maximum absolute atomic E-state index is 13.0. The van der Waals surface area contributed by atoms with Crippen molar-refractivity contribution in [3.63, 3.8) is 0 Å². The van der Waals surface area contributed by atoms with E-state index in [1.807, 2.05) is 60.5 Å². The number of fused-ring (bicyclic) bond motifs is 1. The molecule has 3 aromatic rings. The van der Waals surface area contributed by atoms with E-state index < -0.39 is 12.1 Å². The average molecular weight is 563 g/mol. The highest BCUT2D eigenvalue weighted by Gasteiger charge is 2.38. The number of alkyl halides is 3. The average Bonchev–Trinajstić information content (AvgIpc) is 3.24. The first-order valence-corrected chi connectivity index (χ1v) is 13.5. The van der Waals surface area contributed by atoms with Crippen molar-refractivity contribution >= 4 is 28.9 Å². The van der Waals surface area contributed by atoms with E-state index in [4.69, 9.17) is 20.4 Å². The number of nitrogens with two attached hydrogens (primary N) is 1. The molecule has 1 fully saturated rings. The molecule has 0 saturated heterocycles. The standard InChI is InChI=1S/C27H36N4O2.C2HF3O2/c1-4-20(13-16-26(32)30(3)21-10-8-9-19(2)17-21)31-25-18-23(14-15-24(25)29-27(31)28)33-22-11-6-5-7-12-22;3-2(4,5)1(6)7/h5-7,11-12,14-15,18-21H,4,8-10,13,16-17H2,1-3H3,(H2,28,29);(H,6,7). The molecule has 0 aliphatic heterocycles. The fourth-order valence-electron chi connectivity index (χ4n) is 5.10. The number of imidazole rings is 1. The van der Waals surface area contributed by atoms with E-state index in [1.165, 1.54) is 12.8 Å². The Morgan fingerprint density at radius 2 is 1.85 bits per heavy atom. The van der Waals surface area contributed by atoms with Gasteiger partial charge in [-0.15, -0.1) is 0 Å². The van der Waals surface area contributed by atoms with Crippen molar-refractivity contribution in [3.05, 3.63) is 48.5 Å². The third kappa shape index (κ3) is 8.12.